The Bertz CT molecular complexity index is 666. The van der Waals surface area contributed by atoms with Gasteiger partial charge in [-0.15, -0.1) is 0 Å². The van der Waals surface area contributed by atoms with Gasteiger partial charge in [0.05, 0.1) is 6.10 Å². The summed E-state index contributed by atoms with van der Waals surface area (Å²) in [5.74, 6) is 2.00. The molecule has 8 heteroatoms. The van der Waals surface area contributed by atoms with Gasteiger partial charge in [-0.1, -0.05) is 5.16 Å². The summed E-state index contributed by atoms with van der Waals surface area (Å²) in [5.41, 5.74) is 0. The van der Waals surface area contributed by atoms with Crippen molar-refractivity contribution in [2.45, 2.75) is 45.9 Å². The number of carbonyl (C=O) groups is 1. The Morgan fingerprint density at radius 3 is 3.04 bits per heavy atom. The molecule has 1 atom stereocenters. The summed E-state index contributed by atoms with van der Waals surface area (Å²) in [6.45, 7) is 5.63. The molecule has 1 fully saturated rings. The second kappa shape index (κ2) is 6.91. The van der Waals surface area contributed by atoms with Gasteiger partial charge >= 0.3 is 0 Å². The maximum atomic E-state index is 12.4. The van der Waals surface area contributed by atoms with E-state index in [2.05, 4.69) is 15.1 Å². The van der Waals surface area contributed by atoms with Crippen molar-refractivity contribution in [1.29, 1.82) is 0 Å². The van der Waals surface area contributed by atoms with Crippen molar-refractivity contribution < 1.29 is 14.1 Å². The fourth-order valence-corrected chi connectivity index (χ4v) is 2.71. The van der Waals surface area contributed by atoms with Crippen molar-refractivity contribution in [1.82, 2.24) is 24.6 Å². The highest BCUT2D eigenvalue weighted by Crippen LogP contribution is 2.15. The van der Waals surface area contributed by atoms with E-state index >= 15 is 0 Å². The first-order chi connectivity index (χ1) is 11.1. The lowest BCUT2D eigenvalue weighted by molar-refractivity contribution is -0.136. The van der Waals surface area contributed by atoms with Crippen LogP contribution in [0.2, 0.25) is 0 Å². The number of hydrogen-bond donors (Lipinski definition) is 0. The van der Waals surface area contributed by atoms with E-state index in [9.17, 15) is 4.79 Å². The van der Waals surface area contributed by atoms with Crippen molar-refractivity contribution in [3.63, 3.8) is 0 Å². The van der Waals surface area contributed by atoms with Crippen molar-refractivity contribution in [3.8, 4) is 0 Å². The Balaban J connectivity index is 1.51. The number of hydrogen-bond acceptors (Lipinski definition) is 6. The van der Waals surface area contributed by atoms with Gasteiger partial charge in [0.15, 0.2) is 5.82 Å². The minimum Gasteiger partial charge on any atom is -0.367 e. The maximum absolute atomic E-state index is 12.4. The summed E-state index contributed by atoms with van der Waals surface area (Å²) in [4.78, 5) is 22.5. The van der Waals surface area contributed by atoms with Gasteiger partial charge in [-0.05, 0) is 26.7 Å². The topological polar surface area (TPSA) is 86.3 Å². The third kappa shape index (κ3) is 3.95. The monoisotopic (exact) mass is 319 g/mol. The maximum Gasteiger partial charge on any atom is 0.252 e. The number of piperidine rings is 1. The number of likely N-dealkylation sites (tertiary alicyclic amines) is 1. The van der Waals surface area contributed by atoms with Crippen molar-refractivity contribution in [2.75, 3.05) is 13.1 Å². The van der Waals surface area contributed by atoms with Crippen LogP contribution < -0.4 is 0 Å². The second-order valence-electron chi connectivity index (χ2n) is 5.75. The first-order valence-corrected chi connectivity index (χ1v) is 7.78. The number of amides is 1. The fourth-order valence-electron chi connectivity index (χ4n) is 2.71. The molecule has 0 spiro atoms. The lowest BCUT2D eigenvalue weighted by atomic mass is 10.1. The highest BCUT2D eigenvalue weighted by molar-refractivity contribution is 5.76. The summed E-state index contributed by atoms with van der Waals surface area (Å²) in [7, 11) is 0. The minimum absolute atomic E-state index is 0.00351. The molecule has 0 aliphatic carbocycles. The predicted molar refractivity (Wildman–Crippen MR) is 80.4 cm³/mol. The zero-order chi connectivity index (χ0) is 16.2. The normalized spacial score (nSPS) is 18.3. The Morgan fingerprint density at radius 1 is 1.48 bits per heavy atom. The zero-order valence-electron chi connectivity index (χ0n) is 13.4. The standard InChI is InChI=1S/C15H21N5O3/c1-11-17-14(23-18-11)10-22-13-4-3-6-20(8-13)15(21)9-19-7-5-16-12(19)2/h5,7,13H,3-4,6,8-10H2,1-2H3. The number of aromatic nitrogens is 4. The van der Waals surface area contributed by atoms with Gasteiger partial charge in [-0.25, -0.2) is 4.98 Å². The molecule has 0 radical (unpaired) electrons. The van der Waals surface area contributed by atoms with E-state index < -0.39 is 0 Å². The second-order valence-corrected chi connectivity index (χ2v) is 5.75. The molecule has 1 unspecified atom stereocenters. The third-order valence-electron chi connectivity index (χ3n) is 3.97. The van der Waals surface area contributed by atoms with Crippen LogP contribution in [0.25, 0.3) is 0 Å². The van der Waals surface area contributed by atoms with Crippen LogP contribution in [0, 0.1) is 13.8 Å². The van der Waals surface area contributed by atoms with E-state index in [0.717, 1.165) is 25.2 Å². The molecule has 3 heterocycles. The molecule has 0 saturated carbocycles. The average molecular weight is 319 g/mol. The molecular formula is C15H21N5O3. The predicted octanol–water partition coefficient (Wildman–Crippen LogP) is 1.09. The molecule has 0 aromatic carbocycles. The fraction of sp³-hybridized carbons (Fsp3) is 0.600. The Labute approximate surface area is 134 Å². The molecule has 1 amide bonds. The molecule has 1 aliphatic heterocycles. The SMILES string of the molecule is Cc1noc(COC2CCCN(C(=O)Cn3ccnc3C)C2)n1. The van der Waals surface area contributed by atoms with Crippen LogP contribution in [0.3, 0.4) is 0 Å². The summed E-state index contributed by atoms with van der Waals surface area (Å²) in [6.07, 6.45) is 5.40. The van der Waals surface area contributed by atoms with Crippen LogP contribution in [0.15, 0.2) is 16.9 Å². The van der Waals surface area contributed by atoms with Gasteiger partial charge in [0.25, 0.3) is 5.89 Å². The van der Waals surface area contributed by atoms with E-state index in [-0.39, 0.29) is 18.6 Å². The molecule has 1 aliphatic rings. The number of imidazole rings is 1. The zero-order valence-corrected chi connectivity index (χ0v) is 13.4. The lowest BCUT2D eigenvalue weighted by Crippen LogP contribution is -2.44. The van der Waals surface area contributed by atoms with Crippen LogP contribution in [0.4, 0.5) is 0 Å². The van der Waals surface area contributed by atoms with Crippen LogP contribution in [-0.2, 0) is 22.7 Å². The molecular weight excluding hydrogens is 298 g/mol. The number of ether oxygens (including phenoxy) is 1. The van der Waals surface area contributed by atoms with E-state index in [1.807, 2.05) is 22.6 Å². The molecule has 2 aromatic heterocycles. The first-order valence-electron chi connectivity index (χ1n) is 7.78. The smallest absolute Gasteiger partial charge is 0.252 e. The Kier molecular flexibility index (Phi) is 4.71. The lowest BCUT2D eigenvalue weighted by Gasteiger charge is -2.32. The van der Waals surface area contributed by atoms with Crippen molar-refractivity contribution in [2.24, 2.45) is 0 Å². The van der Waals surface area contributed by atoms with Gasteiger partial charge < -0.3 is 18.7 Å². The van der Waals surface area contributed by atoms with Gasteiger partial charge in [0, 0.05) is 25.5 Å². The summed E-state index contributed by atoms with van der Waals surface area (Å²) >= 11 is 0. The molecule has 2 aromatic rings. The van der Waals surface area contributed by atoms with E-state index in [1.54, 1.807) is 13.1 Å². The average Bonchev–Trinajstić information content (AvgIpc) is 3.14. The number of nitrogens with zero attached hydrogens (tertiary/aromatic N) is 5. The van der Waals surface area contributed by atoms with Gasteiger partial charge in [-0.3, -0.25) is 4.79 Å². The summed E-state index contributed by atoms with van der Waals surface area (Å²) in [5, 5.41) is 3.73. The van der Waals surface area contributed by atoms with Gasteiger partial charge in [0.1, 0.15) is 19.0 Å². The molecule has 0 N–H and O–H groups in total. The number of carbonyl (C=O) groups excluding carboxylic acids is 1. The van der Waals surface area contributed by atoms with E-state index in [1.165, 1.54) is 0 Å². The molecule has 8 nitrogen and oxygen atoms in total. The van der Waals surface area contributed by atoms with Crippen molar-refractivity contribution >= 4 is 5.91 Å². The van der Waals surface area contributed by atoms with E-state index in [4.69, 9.17) is 9.26 Å². The molecule has 3 rings (SSSR count). The summed E-state index contributed by atoms with van der Waals surface area (Å²) in [6, 6.07) is 0. The molecule has 124 valence electrons. The van der Waals surface area contributed by atoms with Crippen LogP contribution in [-0.4, -0.2) is 49.7 Å². The first kappa shape index (κ1) is 15.7. The number of rotatable bonds is 5. The van der Waals surface area contributed by atoms with Crippen LogP contribution in [0.5, 0.6) is 0 Å². The quantitative estimate of drug-likeness (QED) is 0.820. The summed E-state index contributed by atoms with van der Waals surface area (Å²) < 4.78 is 12.7. The Morgan fingerprint density at radius 2 is 2.35 bits per heavy atom. The van der Waals surface area contributed by atoms with Crippen LogP contribution in [0.1, 0.15) is 30.4 Å². The minimum atomic E-state index is 0.00351. The molecule has 0 bridgehead atoms. The van der Waals surface area contributed by atoms with E-state index in [0.29, 0.717) is 24.8 Å². The number of aryl methyl sites for hydroxylation is 2. The largest absolute Gasteiger partial charge is 0.367 e. The highest BCUT2D eigenvalue weighted by Gasteiger charge is 2.25. The molecule has 1 saturated heterocycles. The highest BCUT2D eigenvalue weighted by atomic mass is 16.5. The molecule has 23 heavy (non-hydrogen) atoms. The van der Waals surface area contributed by atoms with Gasteiger partial charge in [-0.2, -0.15) is 4.98 Å². The Hall–Kier alpha value is -2.22. The van der Waals surface area contributed by atoms with Crippen LogP contribution >= 0.6 is 0 Å². The van der Waals surface area contributed by atoms with Gasteiger partial charge in [0.2, 0.25) is 5.91 Å². The van der Waals surface area contributed by atoms with Crippen molar-refractivity contribution in [3.05, 3.63) is 29.9 Å². The third-order valence-corrected chi connectivity index (χ3v) is 3.97.